The van der Waals surface area contributed by atoms with E-state index in [2.05, 4.69) is 20.8 Å². The number of allylic oxidation sites excluding steroid dienone is 3. The Labute approximate surface area is 196 Å². The van der Waals surface area contributed by atoms with Gasteiger partial charge < -0.3 is 19.7 Å². The summed E-state index contributed by atoms with van der Waals surface area (Å²) in [5, 5.41) is 22.6. The Bertz CT molecular complexity index is 1040. The van der Waals surface area contributed by atoms with Crippen LogP contribution in [0.1, 0.15) is 74.1 Å². The molecule has 3 aliphatic carbocycles. The summed E-state index contributed by atoms with van der Waals surface area (Å²) in [7, 11) is 0. The summed E-state index contributed by atoms with van der Waals surface area (Å²) < 4.78 is 12.3. The number of esters is 1. The molecule has 2 N–H and O–H groups in total. The van der Waals surface area contributed by atoms with Gasteiger partial charge in [0.25, 0.3) is 0 Å². The van der Waals surface area contributed by atoms with Crippen LogP contribution >= 0.6 is 0 Å². The van der Waals surface area contributed by atoms with Crippen LogP contribution < -0.4 is 0 Å². The molecule has 0 bridgehead atoms. The molecule has 0 amide bonds. The smallest absolute Gasteiger partial charge is 0.330 e. The number of carbonyl (C=O) groups excluding carboxylic acids is 2. The van der Waals surface area contributed by atoms with Gasteiger partial charge in [-0.2, -0.15) is 0 Å². The first-order chi connectivity index (χ1) is 15.2. The zero-order chi connectivity index (χ0) is 24.6. The number of fused-ring (bicyclic) bond motifs is 4. The first-order valence-electron chi connectivity index (χ1n) is 11.8. The van der Waals surface area contributed by atoms with Crippen LogP contribution in [0.15, 0.2) is 46.5 Å². The van der Waals surface area contributed by atoms with Crippen molar-refractivity contribution >= 4 is 11.8 Å². The van der Waals surface area contributed by atoms with Crippen molar-refractivity contribution in [1.29, 1.82) is 0 Å². The molecule has 5 unspecified atom stereocenters. The molecule has 0 aromatic rings. The average Bonchev–Trinajstić information content (AvgIpc) is 2.69. The van der Waals surface area contributed by atoms with E-state index in [0.29, 0.717) is 36.2 Å². The Morgan fingerprint density at radius 2 is 1.85 bits per heavy atom. The molecule has 1 heterocycles. The van der Waals surface area contributed by atoms with Gasteiger partial charge in [-0.25, -0.2) is 4.79 Å². The van der Waals surface area contributed by atoms with Gasteiger partial charge in [-0.3, -0.25) is 4.79 Å². The summed E-state index contributed by atoms with van der Waals surface area (Å²) in [5.74, 6) is -0.637. The molecule has 0 spiro atoms. The van der Waals surface area contributed by atoms with Crippen molar-refractivity contribution in [2.75, 3.05) is 0 Å². The molecule has 4 aliphatic rings. The molecular weight excluding hydrogens is 420 g/mol. The van der Waals surface area contributed by atoms with Gasteiger partial charge in [0.2, 0.25) is 5.78 Å². The summed E-state index contributed by atoms with van der Waals surface area (Å²) in [4.78, 5) is 24.6. The van der Waals surface area contributed by atoms with E-state index in [0.717, 1.165) is 12.0 Å². The van der Waals surface area contributed by atoms with Crippen LogP contribution in [-0.2, 0) is 19.1 Å². The second-order valence-corrected chi connectivity index (χ2v) is 11.5. The van der Waals surface area contributed by atoms with Crippen LogP contribution in [0.5, 0.6) is 0 Å². The van der Waals surface area contributed by atoms with Gasteiger partial charge >= 0.3 is 5.97 Å². The number of hydrogen-bond donors (Lipinski definition) is 2. The first kappa shape index (κ1) is 23.8. The minimum atomic E-state index is -1.33. The minimum absolute atomic E-state index is 0.0652. The molecule has 6 nitrogen and oxygen atoms in total. The van der Waals surface area contributed by atoms with Crippen molar-refractivity contribution in [2.24, 2.45) is 16.7 Å². The predicted molar refractivity (Wildman–Crippen MR) is 124 cm³/mol. The number of hydrogen-bond acceptors (Lipinski definition) is 6. The van der Waals surface area contributed by atoms with Crippen molar-refractivity contribution in [3.05, 3.63) is 46.5 Å². The second kappa shape index (κ2) is 7.33. The van der Waals surface area contributed by atoms with Crippen molar-refractivity contribution in [3.8, 4) is 0 Å². The Morgan fingerprint density at radius 3 is 2.48 bits per heavy atom. The topological polar surface area (TPSA) is 93.1 Å². The van der Waals surface area contributed by atoms with Gasteiger partial charge in [0.15, 0.2) is 5.76 Å². The van der Waals surface area contributed by atoms with Crippen LogP contribution in [-0.4, -0.2) is 39.3 Å². The molecule has 0 radical (unpaired) electrons. The van der Waals surface area contributed by atoms with Crippen LogP contribution in [0, 0.1) is 16.7 Å². The Morgan fingerprint density at radius 1 is 1.18 bits per heavy atom. The summed E-state index contributed by atoms with van der Waals surface area (Å²) in [6, 6.07) is 0. The number of carbonyl (C=O) groups is 2. The van der Waals surface area contributed by atoms with Gasteiger partial charge in [-0.05, 0) is 65.4 Å². The Kier molecular flexibility index (Phi) is 5.29. The average molecular weight is 457 g/mol. The van der Waals surface area contributed by atoms with E-state index in [1.54, 1.807) is 6.92 Å². The van der Waals surface area contributed by atoms with Gasteiger partial charge in [0.05, 0.1) is 0 Å². The van der Waals surface area contributed by atoms with Crippen LogP contribution in [0.4, 0.5) is 0 Å². The molecule has 180 valence electrons. The largest absolute Gasteiger partial charge is 0.504 e. The molecule has 6 heteroatoms. The number of rotatable bonds is 2. The first-order valence-corrected chi connectivity index (χ1v) is 11.8. The van der Waals surface area contributed by atoms with E-state index < -0.39 is 22.4 Å². The molecule has 4 rings (SSSR count). The minimum Gasteiger partial charge on any atom is -0.504 e. The highest BCUT2D eigenvalue weighted by Crippen LogP contribution is 2.67. The highest BCUT2D eigenvalue weighted by molar-refractivity contribution is 6.05. The van der Waals surface area contributed by atoms with E-state index >= 15 is 0 Å². The molecule has 1 aliphatic heterocycles. The Balaban J connectivity index is 1.76. The summed E-state index contributed by atoms with van der Waals surface area (Å²) in [5.41, 5.74) is -1.27. The monoisotopic (exact) mass is 456 g/mol. The maximum atomic E-state index is 12.4. The molecule has 0 aromatic carbocycles. The van der Waals surface area contributed by atoms with Gasteiger partial charge in [-0.1, -0.05) is 26.3 Å². The molecule has 0 aromatic heterocycles. The number of ketones is 1. The highest BCUT2D eigenvalue weighted by atomic mass is 16.5. The van der Waals surface area contributed by atoms with Crippen LogP contribution in [0.25, 0.3) is 0 Å². The zero-order valence-electron chi connectivity index (χ0n) is 20.7. The maximum absolute atomic E-state index is 12.4. The molecule has 33 heavy (non-hydrogen) atoms. The fourth-order valence-electron chi connectivity index (χ4n) is 6.93. The molecule has 2 saturated carbocycles. The van der Waals surface area contributed by atoms with Crippen LogP contribution in [0.2, 0.25) is 0 Å². The van der Waals surface area contributed by atoms with Crippen LogP contribution in [0.3, 0.4) is 0 Å². The van der Waals surface area contributed by atoms with E-state index in [9.17, 15) is 19.8 Å². The van der Waals surface area contributed by atoms with Gasteiger partial charge in [0, 0.05) is 34.1 Å². The third kappa shape index (κ3) is 3.24. The van der Waals surface area contributed by atoms with Gasteiger partial charge in [-0.15, -0.1) is 0 Å². The molecule has 2 fully saturated rings. The third-order valence-electron chi connectivity index (χ3n) is 8.88. The summed E-state index contributed by atoms with van der Waals surface area (Å²) in [6.07, 6.45) is 7.07. The lowest BCUT2D eigenvalue weighted by Gasteiger charge is -2.67. The lowest BCUT2D eigenvalue weighted by atomic mass is 9.42. The molecule has 5 atom stereocenters. The van der Waals surface area contributed by atoms with Crippen molar-refractivity contribution in [2.45, 2.75) is 91.5 Å². The quantitative estimate of drug-likeness (QED) is 0.456. The summed E-state index contributed by atoms with van der Waals surface area (Å²) >= 11 is 0. The maximum Gasteiger partial charge on any atom is 0.330 e. The number of aliphatic hydroxyl groups excluding tert-OH is 1. The fraction of sp³-hybridized carbons (Fsp3) is 0.630. The van der Waals surface area contributed by atoms with E-state index in [1.807, 2.05) is 26.8 Å². The van der Waals surface area contributed by atoms with Crippen molar-refractivity contribution in [1.82, 2.24) is 0 Å². The van der Waals surface area contributed by atoms with Gasteiger partial charge in [0.1, 0.15) is 23.1 Å². The second-order valence-electron chi connectivity index (χ2n) is 11.5. The van der Waals surface area contributed by atoms with E-state index in [4.69, 9.17) is 9.47 Å². The lowest BCUT2D eigenvalue weighted by molar-refractivity contribution is -0.270. The third-order valence-corrected chi connectivity index (χ3v) is 8.88. The van der Waals surface area contributed by atoms with E-state index in [1.165, 1.54) is 12.2 Å². The zero-order valence-corrected chi connectivity index (χ0v) is 20.7. The number of ether oxygens (including phenoxy) is 2. The lowest BCUT2D eigenvalue weighted by Crippen LogP contribution is -2.72. The number of aliphatic hydroxyl groups is 2. The summed E-state index contributed by atoms with van der Waals surface area (Å²) in [6.45, 7) is 13.7. The molecular formula is C27H36O6. The SMILES string of the molecule is CC(C)=CC(=O)OC1CCC2(C)C(CCC3(C)OC4=CC(=O)C(O)=C(C)C4=CC32O)C1(C)C. The van der Waals surface area contributed by atoms with E-state index in [-0.39, 0.29) is 29.2 Å². The normalized spacial score (nSPS) is 39.2. The molecule has 0 saturated heterocycles. The highest BCUT2D eigenvalue weighted by Gasteiger charge is 2.70. The predicted octanol–water partition coefficient (Wildman–Crippen LogP) is 4.85. The fourth-order valence-corrected chi connectivity index (χ4v) is 6.93. The van der Waals surface area contributed by atoms with Crippen molar-refractivity contribution in [3.63, 3.8) is 0 Å². The van der Waals surface area contributed by atoms with Crippen molar-refractivity contribution < 1.29 is 29.3 Å². The standard InChI is InChI=1S/C27H36O6/c1-15(2)12-22(29)32-21-9-10-25(6)20(24(21,4)5)8-11-26(7)27(25,31)14-17-16(3)23(30)18(28)13-19(17)33-26/h12-14,20-21,30-31H,8-11H2,1-7H3. The Hall–Kier alpha value is -2.34.